The van der Waals surface area contributed by atoms with Crippen molar-refractivity contribution in [1.82, 2.24) is 4.90 Å². The third-order valence-electron chi connectivity index (χ3n) is 2.51. The Morgan fingerprint density at radius 1 is 1.38 bits per heavy atom. The first-order chi connectivity index (χ1) is 7.72. The largest absolute Gasteiger partial charge is 0.324 e. The highest BCUT2D eigenvalue weighted by molar-refractivity contribution is 9.10. The van der Waals surface area contributed by atoms with Crippen molar-refractivity contribution in [2.24, 2.45) is 0 Å². The average molecular weight is 283 g/mol. The number of halogens is 1. The fourth-order valence-electron chi connectivity index (χ4n) is 1.73. The number of benzene rings is 1. The van der Waals surface area contributed by atoms with E-state index in [0.29, 0.717) is 13.1 Å². The third kappa shape index (κ3) is 2.09. The van der Waals surface area contributed by atoms with E-state index < -0.39 is 0 Å². The van der Waals surface area contributed by atoms with Crippen LogP contribution in [0.4, 0.5) is 10.5 Å². The van der Waals surface area contributed by atoms with Crippen LogP contribution in [0.2, 0.25) is 0 Å². The molecule has 0 bridgehead atoms. The standard InChI is InChI=1S/C11H11BrN2O2/c12-9-2-1-3-10(8-9)14-5-4-13(6-7-15)11(14)16/h1-3,7-8H,4-6H2. The Morgan fingerprint density at radius 2 is 2.19 bits per heavy atom. The first kappa shape index (κ1) is 11.1. The van der Waals surface area contributed by atoms with E-state index in [9.17, 15) is 9.59 Å². The van der Waals surface area contributed by atoms with Crippen LogP contribution in [0.25, 0.3) is 0 Å². The first-order valence-corrected chi connectivity index (χ1v) is 5.77. The van der Waals surface area contributed by atoms with Gasteiger partial charge in [-0.15, -0.1) is 0 Å². The summed E-state index contributed by atoms with van der Waals surface area (Å²) in [6.07, 6.45) is 0.752. The number of nitrogens with zero attached hydrogens (tertiary/aromatic N) is 2. The van der Waals surface area contributed by atoms with E-state index in [1.165, 1.54) is 4.90 Å². The zero-order chi connectivity index (χ0) is 11.5. The summed E-state index contributed by atoms with van der Waals surface area (Å²) in [4.78, 5) is 25.5. The molecular weight excluding hydrogens is 272 g/mol. The lowest BCUT2D eigenvalue weighted by molar-refractivity contribution is -0.108. The fourth-order valence-corrected chi connectivity index (χ4v) is 2.11. The smallest absolute Gasteiger partial charge is 0.316 e. The van der Waals surface area contributed by atoms with Crippen molar-refractivity contribution < 1.29 is 9.59 Å². The van der Waals surface area contributed by atoms with Crippen LogP contribution in [0, 0.1) is 0 Å². The molecule has 2 rings (SSSR count). The van der Waals surface area contributed by atoms with Gasteiger partial charge in [-0.05, 0) is 18.2 Å². The van der Waals surface area contributed by atoms with Gasteiger partial charge in [0.05, 0.1) is 6.54 Å². The van der Waals surface area contributed by atoms with Crippen molar-refractivity contribution in [3.63, 3.8) is 0 Å². The molecule has 1 aliphatic heterocycles. The minimum atomic E-state index is -0.106. The molecular formula is C11H11BrN2O2. The van der Waals surface area contributed by atoms with E-state index in [4.69, 9.17) is 0 Å². The van der Waals surface area contributed by atoms with E-state index in [2.05, 4.69) is 15.9 Å². The molecule has 0 spiro atoms. The van der Waals surface area contributed by atoms with Gasteiger partial charge in [-0.1, -0.05) is 22.0 Å². The van der Waals surface area contributed by atoms with E-state index >= 15 is 0 Å². The monoisotopic (exact) mass is 282 g/mol. The van der Waals surface area contributed by atoms with Crippen LogP contribution in [0.15, 0.2) is 28.7 Å². The molecule has 5 heteroatoms. The van der Waals surface area contributed by atoms with Crippen LogP contribution in [-0.2, 0) is 4.79 Å². The molecule has 1 aliphatic rings. The molecule has 0 saturated carbocycles. The van der Waals surface area contributed by atoms with E-state index in [-0.39, 0.29) is 12.6 Å². The Kier molecular flexibility index (Phi) is 3.24. The van der Waals surface area contributed by atoms with Crippen molar-refractivity contribution in [2.45, 2.75) is 0 Å². The van der Waals surface area contributed by atoms with Gasteiger partial charge in [0.2, 0.25) is 0 Å². The maximum Gasteiger partial charge on any atom is 0.324 e. The van der Waals surface area contributed by atoms with Gasteiger partial charge >= 0.3 is 6.03 Å². The predicted molar refractivity (Wildman–Crippen MR) is 64.5 cm³/mol. The van der Waals surface area contributed by atoms with Gasteiger partial charge in [0, 0.05) is 23.2 Å². The van der Waals surface area contributed by atoms with Crippen molar-refractivity contribution in [1.29, 1.82) is 0 Å². The van der Waals surface area contributed by atoms with Gasteiger partial charge in [-0.2, -0.15) is 0 Å². The second kappa shape index (κ2) is 4.65. The highest BCUT2D eigenvalue weighted by Gasteiger charge is 2.28. The molecule has 0 atom stereocenters. The third-order valence-corrected chi connectivity index (χ3v) is 3.00. The molecule has 0 unspecified atom stereocenters. The molecule has 84 valence electrons. The van der Waals surface area contributed by atoms with Gasteiger partial charge < -0.3 is 9.69 Å². The number of anilines is 1. The topological polar surface area (TPSA) is 40.6 Å². The summed E-state index contributed by atoms with van der Waals surface area (Å²) in [7, 11) is 0. The zero-order valence-electron chi connectivity index (χ0n) is 8.60. The van der Waals surface area contributed by atoms with E-state index in [1.807, 2.05) is 24.3 Å². The van der Waals surface area contributed by atoms with Gasteiger partial charge in [-0.3, -0.25) is 4.90 Å². The summed E-state index contributed by atoms with van der Waals surface area (Å²) in [5.41, 5.74) is 0.854. The fraction of sp³-hybridized carbons (Fsp3) is 0.273. The van der Waals surface area contributed by atoms with Crippen molar-refractivity contribution in [3.8, 4) is 0 Å². The van der Waals surface area contributed by atoms with Crippen LogP contribution < -0.4 is 4.90 Å². The molecule has 2 amide bonds. The number of hydrogen-bond donors (Lipinski definition) is 0. The Hall–Kier alpha value is -1.36. The molecule has 0 N–H and O–H groups in total. The highest BCUT2D eigenvalue weighted by Crippen LogP contribution is 2.23. The average Bonchev–Trinajstić information content (AvgIpc) is 2.61. The molecule has 0 aromatic heterocycles. The predicted octanol–water partition coefficient (Wildman–Crippen LogP) is 1.89. The maximum absolute atomic E-state index is 11.9. The minimum absolute atomic E-state index is 0.106. The van der Waals surface area contributed by atoms with Crippen molar-refractivity contribution >= 4 is 33.9 Å². The van der Waals surface area contributed by atoms with E-state index in [1.54, 1.807) is 4.90 Å². The molecule has 1 fully saturated rings. The van der Waals surface area contributed by atoms with E-state index in [0.717, 1.165) is 16.4 Å². The Bertz CT molecular complexity index is 422. The summed E-state index contributed by atoms with van der Waals surface area (Å²) < 4.78 is 0.937. The zero-order valence-corrected chi connectivity index (χ0v) is 10.2. The SMILES string of the molecule is O=CCN1CCN(c2cccc(Br)c2)C1=O. The Labute approximate surface area is 102 Å². The molecule has 1 aromatic rings. The number of carbonyl (C=O) groups is 2. The summed E-state index contributed by atoms with van der Waals surface area (Å²) in [6, 6.07) is 7.46. The molecule has 0 aliphatic carbocycles. The quantitative estimate of drug-likeness (QED) is 0.795. The van der Waals surface area contributed by atoms with Gasteiger partial charge in [0.25, 0.3) is 0 Å². The van der Waals surface area contributed by atoms with Crippen LogP contribution in [0.5, 0.6) is 0 Å². The second-order valence-electron chi connectivity index (χ2n) is 3.53. The summed E-state index contributed by atoms with van der Waals surface area (Å²) >= 11 is 3.37. The number of amides is 2. The molecule has 1 saturated heterocycles. The van der Waals surface area contributed by atoms with Gasteiger partial charge in [-0.25, -0.2) is 4.79 Å². The molecule has 16 heavy (non-hydrogen) atoms. The van der Waals surface area contributed by atoms with Gasteiger partial charge in [0.1, 0.15) is 6.29 Å². The molecule has 4 nitrogen and oxygen atoms in total. The van der Waals surface area contributed by atoms with Crippen LogP contribution in [0.3, 0.4) is 0 Å². The second-order valence-corrected chi connectivity index (χ2v) is 4.44. The Morgan fingerprint density at radius 3 is 2.88 bits per heavy atom. The van der Waals surface area contributed by atoms with Gasteiger partial charge in [0.15, 0.2) is 0 Å². The summed E-state index contributed by atoms with van der Waals surface area (Å²) in [6.45, 7) is 1.40. The van der Waals surface area contributed by atoms with Crippen molar-refractivity contribution in [2.75, 3.05) is 24.5 Å². The number of carbonyl (C=O) groups excluding carboxylic acids is 2. The normalized spacial score (nSPS) is 15.7. The summed E-state index contributed by atoms with van der Waals surface area (Å²) in [5, 5.41) is 0. The van der Waals surface area contributed by atoms with Crippen molar-refractivity contribution in [3.05, 3.63) is 28.7 Å². The summed E-state index contributed by atoms with van der Waals surface area (Å²) in [5.74, 6) is 0. The van der Waals surface area contributed by atoms with Crippen LogP contribution in [-0.4, -0.2) is 36.9 Å². The Balaban J connectivity index is 2.18. The lowest BCUT2D eigenvalue weighted by Gasteiger charge is -2.17. The minimum Gasteiger partial charge on any atom is -0.316 e. The number of rotatable bonds is 3. The first-order valence-electron chi connectivity index (χ1n) is 4.98. The number of hydrogen-bond acceptors (Lipinski definition) is 2. The number of urea groups is 1. The lowest BCUT2D eigenvalue weighted by Crippen LogP contribution is -2.32. The number of aldehydes is 1. The molecule has 0 radical (unpaired) electrons. The maximum atomic E-state index is 11.9. The van der Waals surface area contributed by atoms with Crippen LogP contribution in [0.1, 0.15) is 0 Å². The van der Waals surface area contributed by atoms with Crippen LogP contribution >= 0.6 is 15.9 Å². The molecule has 1 heterocycles. The lowest BCUT2D eigenvalue weighted by atomic mass is 10.3. The molecule has 1 aromatic carbocycles. The highest BCUT2D eigenvalue weighted by atomic mass is 79.9.